The molecule has 0 saturated carbocycles. The molecular formula is C20H29N3O4S. The smallest absolute Gasteiger partial charge is 0.239 e. The zero-order valence-corrected chi connectivity index (χ0v) is 17.5. The van der Waals surface area contributed by atoms with Crippen LogP contribution in [-0.2, 0) is 19.6 Å². The monoisotopic (exact) mass is 407 g/mol. The number of rotatable bonds is 6. The number of piperidine rings is 1. The van der Waals surface area contributed by atoms with E-state index in [4.69, 9.17) is 0 Å². The van der Waals surface area contributed by atoms with Crippen molar-refractivity contribution in [2.75, 3.05) is 19.6 Å². The number of hydrogen-bond acceptors (Lipinski definition) is 4. The summed E-state index contributed by atoms with van der Waals surface area (Å²) in [4.78, 5) is 24.1. The summed E-state index contributed by atoms with van der Waals surface area (Å²) in [6, 6.07) is 9.22. The fraction of sp³-hybridized carbons (Fsp3) is 0.500. The van der Waals surface area contributed by atoms with Gasteiger partial charge in [-0.05, 0) is 45.3 Å². The molecule has 1 heterocycles. The van der Waals surface area contributed by atoms with Gasteiger partial charge in [-0.25, -0.2) is 8.42 Å². The molecule has 0 unspecified atom stereocenters. The first kappa shape index (κ1) is 22.1. The lowest BCUT2D eigenvalue weighted by atomic mass is 9.97. The van der Waals surface area contributed by atoms with Crippen LogP contribution >= 0.6 is 0 Å². The summed E-state index contributed by atoms with van der Waals surface area (Å²) < 4.78 is 26.3. The second-order valence-corrected chi connectivity index (χ2v) is 9.77. The highest BCUT2D eigenvalue weighted by Crippen LogP contribution is 2.21. The number of nitrogens with zero attached hydrogens (tertiary/aromatic N) is 1. The molecule has 1 saturated heterocycles. The maximum Gasteiger partial charge on any atom is 0.239 e. The summed E-state index contributed by atoms with van der Waals surface area (Å²) in [6.07, 6.45) is 2.44. The quantitative estimate of drug-likeness (QED) is 0.751. The molecule has 7 nitrogen and oxygen atoms in total. The van der Waals surface area contributed by atoms with E-state index in [0.717, 1.165) is 5.56 Å². The molecule has 1 aliphatic rings. The van der Waals surface area contributed by atoms with Gasteiger partial charge in [-0.2, -0.15) is 4.31 Å². The summed E-state index contributed by atoms with van der Waals surface area (Å²) in [7, 11) is -3.52. The zero-order chi connectivity index (χ0) is 20.8. The van der Waals surface area contributed by atoms with Crippen LogP contribution in [0.5, 0.6) is 0 Å². The van der Waals surface area contributed by atoms with Crippen LogP contribution in [0.3, 0.4) is 0 Å². The number of benzene rings is 1. The summed E-state index contributed by atoms with van der Waals surface area (Å²) in [6.45, 7) is 6.11. The minimum absolute atomic E-state index is 0.0750. The minimum atomic E-state index is -3.52. The average molecular weight is 408 g/mol. The van der Waals surface area contributed by atoms with Gasteiger partial charge in [0.25, 0.3) is 0 Å². The van der Waals surface area contributed by atoms with Gasteiger partial charge >= 0.3 is 0 Å². The number of sulfonamides is 1. The molecule has 0 aliphatic carbocycles. The standard InChI is InChI=1S/C20H29N3O4S/c1-20(2,3)22-18(24)15-21-19(25)17-9-12-23(13-10-17)28(26,27)14-11-16-7-5-4-6-8-16/h4-8,11,14,17H,9-10,12-13,15H2,1-3H3,(H,21,25)(H,22,24)/b14-11+. The van der Waals surface area contributed by atoms with E-state index in [2.05, 4.69) is 10.6 Å². The van der Waals surface area contributed by atoms with Crippen molar-refractivity contribution in [3.8, 4) is 0 Å². The minimum Gasteiger partial charge on any atom is -0.350 e. The van der Waals surface area contributed by atoms with Gasteiger partial charge in [0.1, 0.15) is 0 Å². The normalized spacial score (nSPS) is 16.8. The second-order valence-electron chi connectivity index (χ2n) is 7.95. The Hall–Kier alpha value is -2.19. The van der Waals surface area contributed by atoms with Gasteiger partial charge < -0.3 is 10.6 Å². The zero-order valence-electron chi connectivity index (χ0n) is 16.6. The van der Waals surface area contributed by atoms with E-state index in [1.54, 1.807) is 6.08 Å². The highest BCUT2D eigenvalue weighted by Gasteiger charge is 2.30. The van der Waals surface area contributed by atoms with Gasteiger partial charge in [0, 0.05) is 30.0 Å². The number of hydrogen-bond donors (Lipinski definition) is 2. The Kier molecular flexibility index (Phi) is 7.37. The molecule has 154 valence electrons. The third kappa shape index (κ3) is 7.09. The van der Waals surface area contributed by atoms with E-state index >= 15 is 0 Å². The van der Waals surface area contributed by atoms with E-state index in [0.29, 0.717) is 12.8 Å². The van der Waals surface area contributed by atoms with Crippen LogP contribution in [0.1, 0.15) is 39.2 Å². The van der Waals surface area contributed by atoms with E-state index in [-0.39, 0.29) is 42.9 Å². The topological polar surface area (TPSA) is 95.6 Å². The maximum absolute atomic E-state index is 12.5. The van der Waals surface area contributed by atoms with Crippen molar-refractivity contribution < 1.29 is 18.0 Å². The van der Waals surface area contributed by atoms with Gasteiger partial charge in [0.05, 0.1) is 6.54 Å². The first-order valence-electron chi connectivity index (χ1n) is 9.39. The van der Waals surface area contributed by atoms with Gasteiger partial charge in [0.2, 0.25) is 21.8 Å². The summed E-state index contributed by atoms with van der Waals surface area (Å²) in [5.74, 6) is -0.736. The summed E-state index contributed by atoms with van der Waals surface area (Å²) in [5.41, 5.74) is 0.461. The molecule has 2 amide bonds. The molecule has 0 aromatic heterocycles. The van der Waals surface area contributed by atoms with Crippen molar-refractivity contribution in [1.82, 2.24) is 14.9 Å². The van der Waals surface area contributed by atoms with Crippen molar-refractivity contribution in [1.29, 1.82) is 0 Å². The Balaban J connectivity index is 1.82. The predicted octanol–water partition coefficient (Wildman–Crippen LogP) is 1.73. The number of carbonyl (C=O) groups excluding carboxylic acids is 2. The summed E-state index contributed by atoms with van der Waals surface area (Å²) >= 11 is 0. The van der Waals surface area contributed by atoms with Crippen LogP contribution < -0.4 is 10.6 Å². The van der Waals surface area contributed by atoms with Crippen molar-refractivity contribution in [2.24, 2.45) is 5.92 Å². The molecule has 1 aromatic carbocycles. The third-order valence-corrected chi connectivity index (χ3v) is 5.92. The van der Waals surface area contributed by atoms with Crippen LogP contribution in [0, 0.1) is 5.92 Å². The molecule has 1 fully saturated rings. The Morgan fingerprint density at radius 3 is 2.32 bits per heavy atom. The lowest BCUT2D eigenvalue weighted by Gasteiger charge is -2.29. The van der Waals surface area contributed by atoms with Crippen molar-refractivity contribution in [2.45, 2.75) is 39.2 Å². The molecular weight excluding hydrogens is 378 g/mol. The van der Waals surface area contributed by atoms with E-state index in [1.807, 2.05) is 51.1 Å². The van der Waals surface area contributed by atoms with E-state index in [1.165, 1.54) is 9.71 Å². The van der Waals surface area contributed by atoms with Crippen LogP contribution in [0.2, 0.25) is 0 Å². The number of carbonyl (C=O) groups is 2. The fourth-order valence-electron chi connectivity index (χ4n) is 2.96. The Labute approximate surface area is 167 Å². The Bertz CT molecular complexity index is 806. The lowest BCUT2D eigenvalue weighted by molar-refractivity contribution is -0.129. The lowest BCUT2D eigenvalue weighted by Crippen LogP contribution is -2.48. The number of nitrogens with one attached hydrogen (secondary N) is 2. The van der Waals surface area contributed by atoms with E-state index < -0.39 is 10.0 Å². The molecule has 8 heteroatoms. The molecule has 0 radical (unpaired) electrons. The molecule has 2 N–H and O–H groups in total. The predicted molar refractivity (Wildman–Crippen MR) is 110 cm³/mol. The van der Waals surface area contributed by atoms with Crippen molar-refractivity contribution in [3.05, 3.63) is 41.3 Å². The van der Waals surface area contributed by atoms with Crippen molar-refractivity contribution in [3.63, 3.8) is 0 Å². The molecule has 2 rings (SSSR count). The Morgan fingerprint density at radius 1 is 1.14 bits per heavy atom. The maximum atomic E-state index is 12.5. The highest BCUT2D eigenvalue weighted by atomic mass is 32.2. The third-order valence-electron chi connectivity index (χ3n) is 4.35. The van der Waals surface area contributed by atoms with Gasteiger partial charge in [-0.1, -0.05) is 30.3 Å². The largest absolute Gasteiger partial charge is 0.350 e. The first-order valence-corrected chi connectivity index (χ1v) is 10.9. The molecule has 0 spiro atoms. The average Bonchev–Trinajstić information content (AvgIpc) is 2.64. The van der Waals surface area contributed by atoms with Gasteiger partial charge in [-0.15, -0.1) is 0 Å². The molecule has 1 aliphatic heterocycles. The molecule has 1 aromatic rings. The molecule has 0 atom stereocenters. The van der Waals surface area contributed by atoms with Gasteiger partial charge in [0.15, 0.2) is 0 Å². The van der Waals surface area contributed by atoms with E-state index in [9.17, 15) is 18.0 Å². The van der Waals surface area contributed by atoms with Crippen LogP contribution in [0.25, 0.3) is 6.08 Å². The second kappa shape index (κ2) is 9.34. The summed E-state index contributed by atoms with van der Waals surface area (Å²) in [5, 5.41) is 6.63. The van der Waals surface area contributed by atoms with Crippen LogP contribution in [-0.4, -0.2) is 49.7 Å². The number of amides is 2. The van der Waals surface area contributed by atoms with Crippen LogP contribution in [0.4, 0.5) is 0 Å². The SMILES string of the molecule is CC(C)(C)NC(=O)CNC(=O)C1CCN(S(=O)(=O)/C=C/c2ccccc2)CC1. The molecule has 28 heavy (non-hydrogen) atoms. The van der Waals surface area contributed by atoms with Crippen molar-refractivity contribution >= 4 is 27.9 Å². The molecule has 0 bridgehead atoms. The fourth-order valence-corrected chi connectivity index (χ4v) is 4.18. The Morgan fingerprint density at radius 2 is 1.75 bits per heavy atom. The highest BCUT2D eigenvalue weighted by molar-refractivity contribution is 7.92. The van der Waals surface area contributed by atoms with Gasteiger partial charge in [-0.3, -0.25) is 9.59 Å². The van der Waals surface area contributed by atoms with Crippen LogP contribution in [0.15, 0.2) is 35.7 Å². The first-order chi connectivity index (χ1) is 13.1.